The fraction of sp³-hybridized carbons (Fsp3) is 0.667. The van der Waals surface area contributed by atoms with E-state index in [1.165, 1.54) is 6.07 Å². The number of methoxy groups -OCH3 is 1. The summed E-state index contributed by atoms with van der Waals surface area (Å²) in [6.45, 7) is 9.07. The molecule has 1 fully saturated rings. The van der Waals surface area contributed by atoms with Crippen LogP contribution in [0.25, 0.3) is 0 Å². The Hall–Kier alpha value is -1.17. The molecule has 5 heteroatoms. The summed E-state index contributed by atoms with van der Waals surface area (Å²) < 4.78 is 19.2. The van der Waals surface area contributed by atoms with E-state index in [0.717, 1.165) is 32.6 Å². The first kappa shape index (κ1) is 18.2. The van der Waals surface area contributed by atoms with Gasteiger partial charge in [0.25, 0.3) is 0 Å². The number of rotatable bonds is 7. The van der Waals surface area contributed by atoms with Crippen LogP contribution in [0.15, 0.2) is 18.2 Å². The van der Waals surface area contributed by atoms with Crippen molar-refractivity contribution >= 4 is 0 Å². The SMILES string of the molecule is COc1ccc(CN2CCN(CC(C)C)[C@H](CCO)C2)c(F)c1. The molecular formula is C18H29FN2O2. The first-order valence-corrected chi connectivity index (χ1v) is 8.43. The summed E-state index contributed by atoms with van der Waals surface area (Å²) in [6, 6.07) is 5.39. The maximum Gasteiger partial charge on any atom is 0.131 e. The highest BCUT2D eigenvalue weighted by Gasteiger charge is 2.27. The number of aliphatic hydroxyl groups excluding tert-OH is 1. The molecule has 0 unspecified atom stereocenters. The summed E-state index contributed by atoms with van der Waals surface area (Å²) in [6.07, 6.45) is 0.772. The molecule has 130 valence electrons. The van der Waals surface area contributed by atoms with Gasteiger partial charge in [0.15, 0.2) is 0 Å². The van der Waals surface area contributed by atoms with Gasteiger partial charge in [-0.1, -0.05) is 19.9 Å². The Balaban J connectivity index is 1.99. The number of benzene rings is 1. The number of nitrogens with zero attached hydrogens (tertiary/aromatic N) is 2. The van der Waals surface area contributed by atoms with Crippen LogP contribution in [-0.2, 0) is 6.54 Å². The average molecular weight is 324 g/mol. The number of hydrogen-bond acceptors (Lipinski definition) is 4. The second kappa shape index (κ2) is 8.62. The second-order valence-electron chi connectivity index (χ2n) is 6.75. The van der Waals surface area contributed by atoms with E-state index in [9.17, 15) is 9.50 Å². The van der Waals surface area contributed by atoms with Crippen molar-refractivity contribution in [3.63, 3.8) is 0 Å². The summed E-state index contributed by atoms with van der Waals surface area (Å²) in [4.78, 5) is 4.74. The number of aliphatic hydroxyl groups is 1. The minimum Gasteiger partial charge on any atom is -0.497 e. The van der Waals surface area contributed by atoms with Crippen LogP contribution in [-0.4, -0.2) is 60.8 Å². The molecule has 0 aromatic heterocycles. The Kier molecular flexibility index (Phi) is 6.81. The van der Waals surface area contributed by atoms with Crippen LogP contribution in [0.2, 0.25) is 0 Å². The lowest BCUT2D eigenvalue weighted by atomic mass is 10.1. The molecule has 1 saturated heterocycles. The van der Waals surface area contributed by atoms with Crippen molar-refractivity contribution in [1.82, 2.24) is 9.80 Å². The Morgan fingerprint density at radius 3 is 2.74 bits per heavy atom. The van der Waals surface area contributed by atoms with Crippen molar-refractivity contribution < 1.29 is 14.2 Å². The van der Waals surface area contributed by atoms with Gasteiger partial charge in [0, 0.05) is 57.0 Å². The molecule has 1 aromatic carbocycles. The highest BCUT2D eigenvalue weighted by atomic mass is 19.1. The van der Waals surface area contributed by atoms with Gasteiger partial charge < -0.3 is 9.84 Å². The van der Waals surface area contributed by atoms with E-state index >= 15 is 0 Å². The van der Waals surface area contributed by atoms with Crippen LogP contribution in [0.4, 0.5) is 4.39 Å². The average Bonchev–Trinajstić information content (AvgIpc) is 2.51. The van der Waals surface area contributed by atoms with Crippen LogP contribution < -0.4 is 4.74 Å². The fourth-order valence-electron chi connectivity index (χ4n) is 3.26. The molecule has 0 aliphatic carbocycles. The molecule has 1 N–H and O–H groups in total. The summed E-state index contributed by atoms with van der Waals surface area (Å²) in [5.41, 5.74) is 0.700. The molecule has 0 spiro atoms. The highest BCUT2D eigenvalue weighted by Crippen LogP contribution is 2.21. The molecule has 0 bridgehead atoms. The number of halogens is 1. The van der Waals surface area contributed by atoms with Crippen molar-refractivity contribution in [2.45, 2.75) is 32.9 Å². The minimum atomic E-state index is -0.215. The van der Waals surface area contributed by atoms with Gasteiger partial charge >= 0.3 is 0 Å². The van der Waals surface area contributed by atoms with E-state index in [2.05, 4.69) is 23.6 Å². The van der Waals surface area contributed by atoms with Gasteiger partial charge in [0.2, 0.25) is 0 Å². The third-order valence-corrected chi connectivity index (χ3v) is 4.40. The third-order valence-electron chi connectivity index (χ3n) is 4.40. The molecule has 1 aromatic rings. The summed E-state index contributed by atoms with van der Waals surface area (Å²) >= 11 is 0. The lowest BCUT2D eigenvalue weighted by Gasteiger charge is -2.42. The van der Waals surface area contributed by atoms with E-state index in [4.69, 9.17) is 4.74 Å². The molecule has 0 radical (unpaired) electrons. The van der Waals surface area contributed by atoms with Crippen LogP contribution in [0, 0.1) is 11.7 Å². The molecule has 0 amide bonds. The zero-order valence-corrected chi connectivity index (χ0v) is 14.5. The van der Waals surface area contributed by atoms with Crippen molar-refractivity contribution in [1.29, 1.82) is 0 Å². The van der Waals surface area contributed by atoms with Gasteiger partial charge in [-0.15, -0.1) is 0 Å². The maximum atomic E-state index is 14.1. The zero-order valence-electron chi connectivity index (χ0n) is 14.5. The molecule has 1 aliphatic rings. The monoisotopic (exact) mass is 324 g/mol. The second-order valence-corrected chi connectivity index (χ2v) is 6.75. The van der Waals surface area contributed by atoms with Gasteiger partial charge in [-0.25, -0.2) is 4.39 Å². The van der Waals surface area contributed by atoms with Gasteiger partial charge in [-0.05, 0) is 18.4 Å². The van der Waals surface area contributed by atoms with Crippen LogP contribution >= 0.6 is 0 Å². The van der Waals surface area contributed by atoms with Crippen molar-refractivity contribution in [2.75, 3.05) is 39.9 Å². The van der Waals surface area contributed by atoms with E-state index < -0.39 is 0 Å². The lowest BCUT2D eigenvalue weighted by molar-refractivity contribution is 0.0472. The van der Waals surface area contributed by atoms with Gasteiger partial charge in [-0.2, -0.15) is 0 Å². The number of ether oxygens (including phenoxy) is 1. The minimum absolute atomic E-state index is 0.198. The van der Waals surface area contributed by atoms with Gasteiger partial charge in [0.05, 0.1) is 7.11 Å². The molecule has 1 aliphatic heterocycles. The van der Waals surface area contributed by atoms with E-state index in [0.29, 0.717) is 29.8 Å². The Labute approximate surface area is 138 Å². The zero-order chi connectivity index (χ0) is 16.8. The van der Waals surface area contributed by atoms with Crippen molar-refractivity contribution in [3.05, 3.63) is 29.6 Å². The molecule has 23 heavy (non-hydrogen) atoms. The molecular weight excluding hydrogens is 295 g/mol. The Morgan fingerprint density at radius 1 is 1.35 bits per heavy atom. The maximum absolute atomic E-state index is 14.1. The van der Waals surface area contributed by atoms with Crippen LogP contribution in [0.1, 0.15) is 25.8 Å². The molecule has 1 heterocycles. The Bertz CT molecular complexity index is 496. The van der Waals surface area contributed by atoms with Crippen molar-refractivity contribution in [3.8, 4) is 5.75 Å². The van der Waals surface area contributed by atoms with E-state index in [-0.39, 0.29) is 12.4 Å². The normalized spacial score (nSPS) is 20.2. The highest BCUT2D eigenvalue weighted by molar-refractivity contribution is 5.28. The predicted octanol–water partition coefficient (Wildman–Crippen LogP) is 2.36. The number of hydrogen-bond donors (Lipinski definition) is 1. The number of piperazine rings is 1. The lowest BCUT2D eigenvalue weighted by Crippen LogP contribution is -2.53. The van der Waals surface area contributed by atoms with Gasteiger partial charge in [0.1, 0.15) is 11.6 Å². The Morgan fingerprint density at radius 2 is 2.13 bits per heavy atom. The first-order chi connectivity index (χ1) is 11.0. The van der Waals surface area contributed by atoms with Crippen molar-refractivity contribution in [2.24, 2.45) is 5.92 Å². The third kappa shape index (κ3) is 5.16. The molecule has 1 atom stereocenters. The molecule has 2 rings (SSSR count). The van der Waals surface area contributed by atoms with Crippen LogP contribution in [0.5, 0.6) is 5.75 Å². The van der Waals surface area contributed by atoms with E-state index in [1.54, 1.807) is 19.2 Å². The first-order valence-electron chi connectivity index (χ1n) is 8.43. The quantitative estimate of drug-likeness (QED) is 0.835. The molecule has 0 saturated carbocycles. The molecule has 4 nitrogen and oxygen atoms in total. The summed E-state index contributed by atoms with van der Waals surface area (Å²) in [7, 11) is 1.54. The largest absolute Gasteiger partial charge is 0.497 e. The predicted molar refractivity (Wildman–Crippen MR) is 90.1 cm³/mol. The summed E-state index contributed by atoms with van der Waals surface area (Å²) in [5.74, 6) is 0.945. The smallest absolute Gasteiger partial charge is 0.131 e. The standard InChI is InChI=1S/C18H29FN2O2/c1-14(2)11-21-8-7-20(13-16(21)6-9-22)12-15-4-5-17(23-3)10-18(15)19/h4-5,10,14,16,22H,6-9,11-13H2,1-3H3/t16-/m1/s1. The van der Waals surface area contributed by atoms with Gasteiger partial charge in [-0.3, -0.25) is 9.80 Å². The topological polar surface area (TPSA) is 35.9 Å². The fourth-order valence-corrected chi connectivity index (χ4v) is 3.26. The summed E-state index contributed by atoms with van der Waals surface area (Å²) in [5, 5.41) is 9.33. The van der Waals surface area contributed by atoms with E-state index in [1.807, 2.05) is 0 Å². The van der Waals surface area contributed by atoms with Crippen LogP contribution in [0.3, 0.4) is 0 Å².